The lowest BCUT2D eigenvalue weighted by molar-refractivity contribution is 0.579. The second kappa shape index (κ2) is 5.41. The van der Waals surface area contributed by atoms with Crippen molar-refractivity contribution in [3.63, 3.8) is 0 Å². The van der Waals surface area contributed by atoms with E-state index in [1.165, 1.54) is 5.56 Å². The molecule has 0 amide bonds. The van der Waals surface area contributed by atoms with Gasteiger partial charge in [0.05, 0.1) is 12.5 Å². The van der Waals surface area contributed by atoms with Gasteiger partial charge in [0.1, 0.15) is 11.5 Å². The summed E-state index contributed by atoms with van der Waals surface area (Å²) < 4.78 is 11.0. The van der Waals surface area contributed by atoms with Crippen LogP contribution < -0.4 is 0 Å². The summed E-state index contributed by atoms with van der Waals surface area (Å²) in [5.41, 5.74) is 3.50. The highest BCUT2D eigenvalue weighted by Gasteiger charge is 2.09. The molecule has 2 heterocycles. The Hall–Kier alpha value is -2.22. The van der Waals surface area contributed by atoms with E-state index in [0.717, 1.165) is 29.1 Å². The Morgan fingerprint density at radius 1 is 0.850 bits per heavy atom. The van der Waals surface area contributed by atoms with Crippen LogP contribution in [0.2, 0.25) is 0 Å². The molecule has 2 heteroatoms. The van der Waals surface area contributed by atoms with Crippen molar-refractivity contribution in [3.8, 4) is 22.6 Å². The maximum absolute atomic E-state index is 5.52. The van der Waals surface area contributed by atoms with Crippen LogP contribution >= 0.6 is 0 Å². The van der Waals surface area contributed by atoms with E-state index in [0.29, 0.717) is 5.92 Å². The molecule has 0 unspecified atom stereocenters. The van der Waals surface area contributed by atoms with Gasteiger partial charge < -0.3 is 8.83 Å². The van der Waals surface area contributed by atoms with Gasteiger partial charge in [0.25, 0.3) is 0 Å². The Balaban J connectivity index is 2.08. The third-order valence-corrected chi connectivity index (χ3v) is 3.25. The fourth-order valence-corrected chi connectivity index (χ4v) is 2.45. The first-order valence-electron chi connectivity index (χ1n) is 6.94. The molecule has 0 radical (unpaired) electrons. The molecule has 20 heavy (non-hydrogen) atoms. The minimum absolute atomic E-state index is 0.617. The van der Waals surface area contributed by atoms with Crippen LogP contribution in [0.1, 0.15) is 19.4 Å². The molecule has 3 aromatic rings. The van der Waals surface area contributed by atoms with Crippen molar-refractivity contribution in [2.24, 2.45) is 5.92 Å². The average Bonchev–Trinajstić information content (AvgIpc) is 3.11. The summed E-state index contributed by atoms with van der Waals surface area (Å²) in [5, 5.41) is 0. The third kappa shape index (κ3) is 2.69. The van der Waals surface area contributed by atoms with Gasteiger partial charge in [-0.2, -0.15) is 0 Å². The van der Waals surface area contributed by atoms with Gasteiger partial charge in [0.2, 0.25) is 0 Å². The fourth-order valence-electron chi connectivity index (χ4n) is 2.45. The smallest absolute Gasteiger partial charge is 0.133 e. The van der Waals surface area contributed by atoms with Gasteiger partial charge in [-0.25, -0.2) is 0 Å². The molecule has 0 bridgehead atoms. The van der Waals surface area contributed by atoms with Gasteiger partial charge in [-0.05, 0) is 60.4 Å². The number of benzene rings is 1. The zero-order valence-electron chi connectivity index (χ0n) is 11.8. The molecule has 0 aliphatic heterocycles. The molecular weight excluding hydrogens is 248 g/mol. The maximum Gasteiger partial charge on any atom is 0.133 e. The lowest BCUT2D eigenvalue weighted by Crippen LogP contribution is -1.95. The summed E-state index contributed by atoms with van der Waals surface area (Å²) >= 11 is 0. The number of hydrogen-bond acceptors (Lipinski definition) is 2. The lowest BCUT2D eigenvalue weighted by Gasteiger charge is -2.09. The Morgan fingerprint density at radius 3 is 1.80 bits per heavy atom. The molecule has 0 aliphatic rings. The minimum atomic E-state index is 0.617. The number of hydrogen-bond donors (Lipinski definition) is 0. The van der Waals surface area contributed by atoms with Crippen LogP contribution in [0, 0.1) is 5.92 Å². The second-order valence-corrected chi connectivity index (χ2v) is 5.47. The number of furan rings is 2. The zero-order chi connectivity index (χ0) is 13.9. The second-order valence-electron chi connectivity index (χ2n) is 5.47. The predicted molar refractivity (Wildman–Crippen MR) is 80.4 cm³/mol. The van der Waals surface area contributed by atoms with Crippen molar-refractivity contribution < 1.29 is 8.83 Å². The molecule has 0 saturated carbocycles. The van der Waals surface area contributed by atoms with E-state index in [1.54, 1.807) is 12.5 Å². The van der Waals surface area contributed by atoms with E-state index in [1.807, 2.05) is 24.3 Å². The first kappa shape index (κ1) is 12.8. The molecule has 0 spiro atoms. The topological polar surface area (TPSA) is 26.3 Å². The van der Waals surface area contributed by atoms with E-state index in [-0.39, 0.29) is 0 Å². The molecule has 0 fully saturated rings. The SMILES string of the molecule is CC(C)Cc1cc(-c2ccco2)cc(-c2ccco2)c1. The van der Waals surface area contributed by atoms with Crippen LogP contribution in [0.15, 0.2) is 63.8 Å². The summed E-state index contributed by atoms with van der Waals surface area (Å²) in [5.74, 6) is 2.40. The zero-order valence-corrected chi connectivity index (χ0v) is 11.8. The van der Waals surface area contributed by atoms with Crippen LogP contribution in [-0.4, -0.2) is 0 Å². The fraction of sp³-hybridized carbons (Fsp3) is 0.222. The van der Waals surface area contributed by atoms with Gasteiger partial charge in [-0.3, -0.25) is 0 Å². The molecule has 1 aromatic carbocycles. The first-order valence-corrected chi connectivity index (χ1v) is 6.94. The van der Waals surface area contributed by atoms with Crippen molar-refractivity contribution >= 4 is 0 Å². The summed E-state index contributed by atoms with van der Waals surface area (Å²) in [6.45, 7) is 4.46. The Labute approximate surface area is 119 Å². The van der Waals surface area contributed by atoms with Gasteiger partial charge in [-0.15, -0.1) is 0 Å². The van der Waals surface area contributed by atoms with Crippen LogP contribution in [-0.2, 0) is 6.42 Å². The van der Waals surface area contributed by atoms with E-state index in [4.69, 9.17) is 8.83 Å². The maximum atomic E-state index is 5.52. The van der Waals surface area contributed by atoms with Crippen molar-refractivity contribution in [2.75, 3.05) is 0 Å². The molecule has 0 saturated heterocycles. The summed E-state index contributed by atoms with van der Waals surface area (Å²) in [6, 6.07) is 14.3. The summed E-state index contributed by atoms with van der Waals surface area (Å²) in [6.07, 6.45) is 4.45. The highest BCUT2D eigenvalue weighted by atomic mass is 16.3. The minimum Gasteiger partial charge on any atom is -0.464 e. The summed E-state index contributed by atoms with van der Waals surface area (Å²) in [4.78, 5) is 0. The highest BCUT2D eigenvalue weighted by molar-refractivity contribution is 5.69. The number of rotatable bonds is 4. The van der Waals surface area contributed by atoms with Gasteiger partial charge in [-0.1, -0.05) is 13.8 Å². The first-order chi connectivity index (χ1) is 9.72. The summed E-state index contributed by atoms with van der Waals surface area (Å²) in [7, 11) is 0. The molecule has 3 rings (SSSR count). The van der Waals surface area contributed by atoms with Crippen molar-refractivity contribution in [3.05, 3.63) is 60.6 Å². The quantitative estimate of drug-likeness (QED) is 0.631. The van der Waals surface area contributed by atoms with Crippen LogP contribution in [0.4, 0.5) is 0 Å². The Kier molecular flexibility index (Phi) is 3.46. The van der Waals surface area contributed by atoms with Crippen LogP contribution in [0.25, 0.3) is 22.6 Å². The highest BCUT2D eigenvalue weighted by Crippen LogP contribution is 2.29. The van der Waals surface area contributed by atoms with Crippen LogP contribution in [0.3, 0.4) is 0 Å². The van der Waals surface area contributed by atoms with Crippen molar-refractivity contribution in [1.29, 1.82) is 0 Å². The standard InChI is InChI=1S/C18H18O2/c1-13(2)9-14-10-15(17-5-3-7-19-17)12-16(11-14)18-6-4-8-20-18/h3-8,10-13H,9H2,1-2H3. The molecule has 0 aliphatic carbocycles. The Bertz CT molecular complexity index is 609. The van der Waals surface area contributed by atoms with Crippen LogP contribution in [0.5, 0.6) is 0 Å². The van der Waals surface area contributed by atoms with Crippen molar-refractivity contribution in [1.82, 2.24) is 0 Å². The lowest BCUT2D eigenvalue weighted by atomic mass is 9.96. The predicted octanol–water partition coefficient (Wildman–Crippen LogP) is 5.41. The van der Waals surface area contributed by atoms with Gasteiger partial charge >= 0.3 is 0 Å². The van der Waals surface area contributed by atoms with Gasteiger partial charge in [0, 0.05) is 11.1 Å². The molecule has 0 atom stereocenters. The van der Waals surface area contributed by atoms with E-state index < -0.39 is 0 Å². The van der Waals surface area contributed by atoms with Crippen molar-refractivity contribution in [2.45, 2.75) is 20.3 Å². The normalized spacial score (nSPS) is 11.2. The van der Waals surface area contributed by atoms with E-state index in [9.17, 15) is 0 Å². The third-order valence-electron chi connectivity index (χ3n) is 3.25. The molecule has 2 nitrogen and oxygen atoms in total. The molecule has 102 valence electrons. The van der Waals surface area contributed by atoms with E-state index in [2.05, 4.69) is 32.0 Å². The monoisotopic (exact) mass is 266 g/mol. The van der Waals surface area contributed by atoms with Gasteiger partial charge in [0.15, 0.2) is 0 Å². The molecular formula is C18H18O2. The van der Waals surface area contributed by atoms with E-state index >= 15 is 0 Å². The largest absolute Gasteiger partial charge is 0.464 e. The molecule has 2 aromatic heterocycles. The molecule has 0 N–H and O–H groups in total. The average molecular weight is 266 g/mol. The Morgan fingerprint density at radius 2 is 1.40 bits per heavy atom.